The lowest BCUT2D eigenvalue weighted by Gasteiger charge is -2.22. The van der Waals surface area contributed by atoms with Crippen LogP contribution in [-0.2, 0) is 13.6 Å². The summed E-state index contributed by atoms with van der Waals surface area (Å²) in [6, 6.07) is 10.3. The maximum Gasteiger partial charge on any atom is 0.251 e. The Bertz CT molecular complexity index is 743. The van der Waals surface area contributed by atoms with Crippen LogP contribution >= 0.6 is 24.0 Å². The van der Waals surface area contributed by atoms with Crippen LogP contribution in [0.1, 0.15) is 23.0 Å². The fourth-order valence-electron chi connectivity index (χ4n) is 2.49. The lowest BCUT2D eigenvalue weighted by Crippen LogP contribution is -2.39. The molecule has 2 rings (SSSR count). The zero-order valence-corrected chi connectivity index (χ0v) is 18.3. The van der Waals surface area contributed by atoms with E-state index in [2.05, 4.69) is 31.2 Å². The molecule has 0 aliphatic rings. The number of amides is 1. The normalized spacial score (nSPS) is 10.9. The first kappa shape index (κ1) is 22.8. The van der Waals surface area contributed by atoms with E-state index in [1.807, 2.05) is 33.3 Å². The van der Waals surface area contributed by atoms with Crippen molar-refractivity contribution in [2.75, 3.05) is 26.7 Å². The summed E-state index contributed by atoms with van der Waals surface area (Å²) in [7, 11) is 4.01. The smallest absolute Gasteiger partial charge is 0.251 e. The molecule has 3 N–H and O–H groups in total. The van der Waals surface area contributed by atoms with E-state index >= 15 is 0 Å². The number of rotatable bonds is 7. The van der Waals surface area contributed by atoms with Crippen molar-refractivity contribution in [1.82, 2.24) is 20.1 Å². The van der Waals surface area contributed by atoms with Crippen molar-refractivity contribution in [3.63, 3.8) is 0 Å². The van der Waals surface area contributed by atoms with Crippen LogP contribution in [0.2, 0.25) is 0 Å². The molecule has 0 atom stereocenters. The number of hydrogen-bond donors (Lipinski definition) is 3. The van der Waals surface area contributed by atoms with Crippen LogP contribution in [0, 0.1) is 0 Å². The molecule has 0 aliphatic heterocycles. The summed E-state index contributed by atoms with van der Waals surface area (Å²) in [4.78, 5) is 18.7. The van der Waals surface area contributed by atoms with Gasteiger partial charge in [-0.25, -0.2) is 0 Å². The first-order chi connectivity index (χ1) is 12.5. The third-order valence-corrected chi connectivity index (χ3v) is 3.94. The van der Waals surface area contributed by atoms with E-state index in [1.165, 1.54) is 17.8 Å². The average molecular weight is 485 g/mol. The molecule has 0 radical (unpaired) electrons. The highest BCUT2D eigenvalue weighted by molar-refractivity contribution is 14.0. The molecular formula is C19H28IN5O2. The molecular weight excluding hydrogens is 457 g/mol. The van der Waals surface area contributed by atoms with Crippen LogP contribution < -0.4 is 10.6 Å². The highest BCUT2D eigenvalue weighted by Gasteiger charge is 2.08. The molecule has 0 spiro atoms. The maximum absolute atomic E-state index is 12.0. The molecule has 7 nitrogen and oxygen atoms in total. The lowest BCUT2D eigenvalue weighted by atomic mass is 10.2. The highest BCUT2D eigenvalue weighted by Crippen LogP contribution is 2.09. The predicted molar refractivity (Wildman–Crippen MR) is 119 cm³/mol. The molecule has 1 aromatic carbocycles. The third-order valence-electron chi connectivity index (χ3n) is 3.94. The number of aromatic nitrogens is 1. The van der Waals surface area contributed by atoms with Gasteiger partial charge in [-0.15, -0.1) is 24.0 Å². The zero-order chi connectivity index (χ0) is 18.9. The number of nitrogens with zero attached hydrogens (tertiary/aromatic N) is 3. The van der Waals surface area contributed by atoms with Crippen molar-refractivity contribution in [1.29, 1.82) is 0 Å². The molecule has 0 unspecified atom stereocenters. The van der Waals surface area contributed by atoms with Crippen molar-refractivity contribution >= 4 is 35.8 Å². The van der Waals surface area contributed by atoms with E-state index < -0.39 is 0 Å². The summed E-state index contributed by atoms with van der Waals surface area (Å²) in [5, 5.41) is 15.4. The Hall–Kier alpha value is -2.23. The molecule has 0 bridgehead atoms. The van der Waals surface area contributed by atoms with Gasteiger partial charge in [0.2, 0.25) is 0 Å². The number of aliphatic imine (C=N–C) groups is 1. The molecule has 27 heavy (non-hydrogen) atoms. The molecule has 0 fully saturated rings. The minimum atomic E-state index is -0.178. The van der Waals surface area contributed by atoms with Crippen LogP contribution in [0.3, 0.4) is 0 Å². The van der Waals surface area contributed by atoms with Crippen molar-refractivity contribution < 1.29 is 9.90 Å². The van der Waals surface area contributed by atoms with Crippen LogP contribution in [0.5, 0.6) is 5.75 Å². The number of hydrogen-bond acceptors (Lipinski definition) is 3. The fraction of sp³-hybridized carbons (Fsp3) is 0.368. The zero-order valence-electron chi connectivity index (χ0n) is 16.0. The molecule has 0 aliphatic carbocycles. The van der Waals surface area contributed by atoms with Gasteiger partial charge in [-0.3, -0.25) is 9.79 Å². The summed E-state index contributed by atoms with van der Waals surface area (Å²) in [5.74, 6) is 0.762. The number of benzene rings is 1. The highest BCUT2D eigenvalue weighted by atomic mass is 127. The van der Waals surface area contributed by atoms with Crippen LogP contribution in [0.15, 0.2) is 47.6 Å². The minimum absolute atomic E-state index is 0. The second-order valence-corrected chi connectivity index (χ2v) is 6.00. The van der Waals surface area contributed by atoms with Gasteiger partial charge in [-0.1, -0.05) is 0 Å². The third kappa shape index (κ3) is 7.12. The summed E-state index contributed by atoms with van der Waals surface area (Å²) < 4.78 is 2.08. The molecule has 8 heteroatoms. The number of halogens is 1. The largest absolute Gasteiger partial charge is 0.508 e. The number of aromatic hydroxyl groups is 1. The summed E-state index contributed by atoms with van der Waals surface area (Å²) in [6.45, 7) is 4.46. The number of phenols is 1. The van der Waals surface area contributed by atoms with E-state index in [0.717, 1.165) is 19.0 Å². The Labute approximate surface area is 177 Å². The first-order valence-electron chi connectivity index (χ1n) is 8.68. The van der Waals surface area contributed by atoms with Gasteiger partial charge in [0.25, 0.3) is 5.91 Å². The Balaban J connectivity index is 0.00000364. The minimum Gasteiger partial charge on any atom is -0.508 e. The monoisotopic (exact) mass is 485 g/mol. The van der Waals surface area contributed by atoms with Gasteiger partial charge in [0.1, 0.15) is 5.75 Å². The Morgan fingerprint density at radius 2 is 1.93 bits per heavy atom. The van der Waals surface area contributed by atoms with E-state index in [1.54, 1.807) is 12.1 Å². The van der Waals surface area contributed by atoms with Crippen molar-refractivity contribution in [2.45, 2.75) is 13.5 Å². The first-order valence-corrected chi connectivity index (χ1v) is 8.68. The van der Waals surface area contributed by atoms with E-state index in [-0.39, 0.29) is 35.6 Å². The molecule has 1 heterocycles. The van der Waals surface area contributed by atoms with Gasteiger partial charge in [-0.2, -0.15) is 0 Å². The molecule has 0 saturated carbocycles. The predicted octanol–water partition coefficient (Wildman–Crippen LogP) is 2.18. The van der Waals surface area contributed by atoms with Gasteiger partial charge in [0.15, 0.2) is 5.96 Å². The number of carbonyl (C=O) groups is 1. The van der Waals surface area contributed by atoms with Gasteiger partial charge in [-0.05, 0) is 43.3 Å². The number of phenolic OH excluding ortho intramolecular Hbond substituents is 1. The number of guanidine groups is 1. The van der Waals surface area contributed by atoms with Crippen molar-refractivity contribution in [3.05, 3.63) is 53.9 Å². The van der Waals surface area contributed by atoms with E-state index in [4.69, 9.17) is 0 Å². The number of nitrogens with one attached hydrogen (secondary N) is 2. The van der Waals surface area contributed by atoms with Crippen LogP contribution in [0.25, 0.3) is 0 Å². The maximum atomic E-state index is 12.0. The second kappa shape index (κ2) is 11.5. The molecule has 148 valence electrons. The van der Waals surface area contributed by atoms with Gasteiger partial charge >= 0.3 is 0 Å². The van der Waals surface area contributed by atoms with Crippen LogP contribution in [0.4, 0.5) is 0 Å². The molecule has 0 saturated heterocycles. The standard InChI is InChI=1S/C19H27N5O2.HI/c1-4-20-19(24(3)14-16-6-5-13-23(16)2)22-12-11-21-18(26)15-7-9-17(25)10-8-15;/h5-10,13,25H,4,11-12,14H2,1-3H3,(H,20,22)(H,21,26);1H. The van der Waals surface area contributed by atoms with E-state index in [0.29, 0.717) is 18.7 Å². The van der Waals surface area contributed by atoms with Crippen molar-refractivity contribution in [3.8, 4) is 5.75 Å². The van der Waals surface area contributed by atoms with Gasteiger partial charge < -0.3 is 25.2 Å². The SMILES string of the molecule is CCNC(=NCCNC(=O)c1ccc(O)cc1)N(C)Cc1cccn1C.I. The summed E-state index contributed by atoms with van der Waals surface area (Å²) >= 11 is 0. The topological polar surface area (TPSA) is 81.9 Å². The summed E-state index contributed by atoms with van der Waals surface area (Å²) in [5.41, 5.74) is 1.71. The summed E-state index contributed by atoms with van der Waals surface area (Å²) in [6.07, 6.45) is 2.02. The number of carbonyl (C=O) groups excluding carboxylic acids is 1. The molecule has 1 aromatic heterocycles. The van der Waals surface area contributed by atoms with Gasteiger partial charge in [0.05, 0.1) is 13.1 Å². The fourth-order valence-corrected chi connectivity index (χ4v) is 2.49. The Kier molecular flexibility index (Phi) is 9.70. The quantitative estimate of drug-likeness (QED) is 0.243. The van der Waals surface area contributed by atoms with Crippen molar-refractivity contribution in [2.24, 2.45) is 12.0 Å². The van der Waals surface area contributed by atoms with Crippen LogP contribution in [-0.4, -0.2) is 53.1 Å². The number of aryl methyl sites for hydroxylation is 1. The molecule has 1 amide bonds. The Morgan fingerprint density at radius 3 is 2.52 bits per heavy atom. The second-order valence-electron chi connectivity index (χ2n) is 6.00. The van der Waals surface area contributed by atoms with Gasteiger partial charge in [0, 0.05) is 44.6 Å². The lowest BCUT2D eigenvalue weighted by molar-refractivity contribution is 0.0955. The van der Waals surface area contributed by atoms with E-state index in [9.17, 15) is 9.90 Å². The Morgan fingerprint density at radius 1 is 1.22 bits per heavy atom. The average Bonchev–Trinajstić information content (AvgIpc) is 3.02. The molecule has 2 aromatic rings.